The molecule has 0 aliphatic carbocycles. The van der Waals surface area contributed by atoms with Crippen LogP contribution in [-0.2, 0) is 9.84 Å². The highest BCUT2D eigenvalue weighted by Gasteiger charge is 2.11. The predicted molar refractivity (Wildman–Crippen MR) is 84.9 cm³/mol. The van der Waals surface area contributed by atoms with Gasteiger partial charge < -0.3 is 0 Å². The molecule has 112 valence electrons. The second-order valence-corrected chi connectivity index (χ2v) is 7.23. The van der Waals surface area contributed by atoms with Crippen LogP contribution in [0.25, 0.3) is 17.1 Å². The molecule has 0 unspecified atom stereocenters. The molecule has 2 heterocycles. The molecule has 3 aromatic rings. The highest BCUT2D eigenvalue weighted by atomic mass is 35.5. The van der Waals surface area contributed by atoms with E-state index >= 15 is 0 Å². The first-order chi connectivity index (χ1) is 10.4. The first-order valence-electron chi connectivity index (χ1n) is 6.40. The smallest absolute Gasteiger partial charge is 0.177 e. The van der Waals surface area contributed by atoms with E-state index in [9.17, 15) is 8.42 Å². The van der Waals surface area contributed by atoms with Gasteiger partial charge in [-0.1, -0.05) is 23.7 Å². The van der Waals surface area contributed by atoms with Gasteiger partial charge in [0.15, 0.2) is 9.84 Å². The van der Waals surface area contributed by atoms with E-state index < -0.39 is 9.84 Å². The molecule has 0 bridgehead atoms. The molecule has 0 atom stereocenters. The van der Waals surface area contributed by atoms with Crippen LogP contribution in [0.15, 0.2) is 60.0 Å². The van der Waals surface area contributed by atoms with Gasteiger partial charge in [0, 0.05) is 23.0 Å². The van der Waals surface area contributed by atoms with Crippen LogP contribution in [-0.4, -0.2) is 29.2 Å². The summed E-state index contributed by atoms with van der Waals surface area (Å²) in [4.78, 5) is 8.53. The zero-order chi connectivity index (χ0) is 15.7. The lowest BCUT2D eigenvalue weighted by molar-refractivity contribution is 0.601. The van der Waals surface area contributed by atoms with Crippen molar-refractivity contribution in [2.45, 2.75) is 4.90 Å². The third kappa shape index (κ3) is 2.88. The third-order valence-corrected chi connectivity index (χ3v) is 4.52. The van der Waals surface area contributed by atoms with Crippen LogP contribution < -0.4 is 0 Å². The summed E-state index contributed by atoms with van der Waals surface area (Å²) in [6, 6.07) is 10.6. The summed E-state index contributed by atoms with van der Waals surface area (Å²) >= 11 is 5.90. The van der Waals surface area contributed by atoms with Gasteiger partial charge in [-0.3, -0.25) is 4.57 Å². The highest BCUT2D eigenvalue weighted by Crippen LogP contribution is 2.23. The molecule has 0 aliphatic heterocycles. The Morgan fingerprint density at radius 1 is 1.05 bits per heavy atom. The SMILES string of the molecule is CS(=O)(=O)c1ccc(-n2cncc2-c2ccc(Cl)cc2)nc1. The van der Waals surface area contributed by atoms with Crippen molar-refractivity contribution in [3.8, 4) is 17.1 Å². The van der Waals surface area contributed by atoms with E-state index in [0.29, 0.717) is 10.8 Å². The Morgan fingerprint density at radius 3 is 2.36 bits per heavy atom. The van der Waals surface area contributed by atoms with E-state index in [1.807, 2.05) is 12.1 Å². The summed E-state index contributed by atoms with van der Waals surface area (Å²) in [5, 5.41) is 0.658. The van der Waals surface area contributed by atoms with E-state index in [1.165, 1.54) is 12.3 Å². The number of nitrogens with zero attached hydrogens (tertiary/aromatic N) is 3. The summed E-state index contributed by atoms with van der Waals surface area (Å²) < 4.78 is 24.7. The van der Waals surface area contributed by atoms with E-state index in [-0.39, 0.29) is 4.90 Å². The maximum absolute atomic E-state index is 11.5. The van der Waals surface area contributed by atoms with Gasteiger partial charge in [0.1, 0.15) is 12.1 Å². The minimum Gasteiger partial charge on any atom is -0.283 e. The summed E-state index contributed by atoms with van der Waals surface area (Å²) in [7, 11) is -3.26. The Bertz CT molecular complexity index is 901. The van der Waals surface area contributed by atoms with Crippen LogP contribution in [0.3, 0.4) is 0 Å². The van der Waals surface area contributed by atoms with Crippen molar-refractivity contribution in [2.24, 2.45) is 0 Å². The number of hydrogen-bond acceptors (Lipinski definition) is 4. The molecule has 0 radical (unpaired) electrons. The van der Waals surface area contributed by atoms with E-state index in [2.05, 4.69) is 9.97 Å². The van der Waals surface area contributed by atoms with Crippen molar-refractivity contribution in [3.05, 3.63) is 60.1 Å². The van der Waals surface area contributed by atoms with Crippen LogP contribution >= 0.6 is 11.6 Å². The van der Waals surface area contributed by atoms with Crippen LogP contribution in [0.4, 0.5) is 0 Å². The number of halogens is 1. The summed E-state index contributed by atoms with van der Waals surface area (Å²) in [5.41, 5.74) is 1.78. The first kappa shape index (κ1) is 14.7. The van der Waals surface area contributed by atoms with E-state index in [4.69, 9.17) is 11.6 Å². The molecular formula is C15H12ClN3O2S. The summed E-state index contributed by atoms with van der Waals surface area (Å²) in [5.74, 6) is 0.592. The molecule has 2 aromatic heterocycles. The van der Waals surface area contributed by atoms with Crippen LogP contribution in [0.1, 0.15) is 0 Å². The van der Waals surface area contributed by atoms with Crippen molar-refractivity contribution in [1.82, 2.24) is 14.5 Å². The molecule has 0 amide bonds. The van der Waals surface area contributed by atoms with E-state index in [1.54, 1.807) is 35.3 Å². The Kier molecular flexibility index (Phi) is 3.72. The molecule has 0 fully saturated rings. The predicted octanol–water partition coefficient (Wildman–Crippen LogP) is 2.99. The van der Waals surface area contributed by atoms with Gasteiger partial charge in [0.05, 0.1) is 16.8 Å². The van der Waals surface area contributed by atoms with Gasteiger partial charge in [-0.25, -0.2) is 18.4 Å². The van der Waals surface area contributed by atoms with Crippen LogP contribution in [0.5, 0.6) is 0 Å². The average Bonchev–Trinajstić information content (AvgIpc) is 2.97. The zero-order valence-corrected chi connectivity index (χ0v) is 13.2. The first-order valence-corrected chi connectivity index (χ1v) is 8.67. The lowest BCUT2D eigenvalue weighted by Crippen LogP contribution is -2.02. The number of benzene rings is 1. The fraction of sp³-hybridized carbons (Fsp3) is 0.0667. The quantitative estimate of drug-likeness (QED) is 0.739. The fourth-order valence-electron chi connectivity index (χ4n) is 2.05. The molecule has 3 rings (SSSR count). The number of hydrogen-bond donors (Lipinski definition) is 0. The number of pyridine rings is 1. The maximum atomic E-state index is 11.5. The molecular weight excluding hydrogens is 322 g/mol. The highest BCUT2D eigenvalue weighted by molar-refractivity contribution is 7.90. The van der Waals surface area contributed by atoms with Crippen molar-refractivity contribution in [2.75, 3.05) is 6.26 Å². The lowest BCUT2D eigenvalue weighted by Gasteiger charge is -2.08. The molecule has 0 aliphatic rings. The third-order valence-electron chi connectivity index (χ3n) is 3.17. The maximum Gasteiger partial charge on any atom is 0.177 e. The van der Waals surface area contributed by atoms with Crippen molar-refractivity contribution < 1.29 is 8.42 Å². The largest absolute Gasteiger partial charge is 0.283 e. The molecule has 5 nitrogen and oxygen atoms in total. The van der Waals surface area contributed by atoms with Crippen LogP contribution in [0, 0.1) is 0 Å². The number of aromatic nitrogens is 3. The standard InChI is InChI=1S/C15H12ClN3O2S/c1-22(20,21)13-6-7-15(18-8-13)19-10-17-9-14(19)11-2-4-12(16)5-3-11/h2-10H,1H3. The molecule has 0 spiro atoms. The topological polar surface area (TPSA) is 64.8 Å². The molecule has 0 saturated heterocycles. The van der Waals surface area contributed by atoms with Gasteiger partial charge in [-0.05, 0) is 24.3 Å². The van der Waals surface area contributed by atoms with Gasteiger partial charge in [0.2, 0.25) is 0 Å². The van der Waals surface area contributed by atoms with Crippen molar-refractivity contribution in [3.63, 3.8) is 0 Å². The molecule has 0 N–H and O–H groups in total. The van der Waals surface area contributed by atoms with Crippen LogP contribution in [0.2, 0.25) is 5.02 Å². The second kappa shape index (κ2) is 5.55. The Balaban J connectivity index is 2.03. The number of sulfone groups is 1. The minimum atomic E-state index is -3.26. The normalized spacial score (nSPS) is 11.5. The average molecular weight is 334 g/mol. The Labute approximate surface area is 133 Å². The molecule has 7 heteroatoms. The summed E-state index contributed by atoms with van der Waals surface area (Å²) in [6.45, 7) is 0. The summed E-state index contributed by atoms with van der Waals surface area (Å²) in [6.07, 6.45) is 5.85. The monoisotopic (exact) mass is 333 g/mol. The Morgan fingerprint density at radius 2 is 1.77 bits per heavy atom. The van der Waals surface area contributed by atoms with Crippen molar-refractivity contribution >= 4 is 21.4 Å². The van der Waals surface area contributed by atoms with Gasteiger partial charge in [-0.15, -0.1) is 0 Å². The molecule has 0 saturated carbocycles. The minimum absolute atomic E-state index is 0.185. The number of rotatable bonds is 3. The van der Waals surface area contributed by atoms with Gasteiger partial charge >= 0.3 is 0 Å². The van der Waals surface area contributed by atoms with Gasteiger partial charge in [0.25, 0.3) is 0 Å². The van der Waals surface area contributed by atoms with Gasteiger partial charge in [-0.2, -0.15) is 0 Å². The van der Waals surface area contributed by atoms with E-state index in [0.717, 1.165) is 17.5 Å². The fourth-order valence-corrected chi connectivity index (χ4v) is 2.73. The molecule has 1 aromatic carbocycles. The molecule has 22 heavy (non-hydrogen) atoms. The van der Waals surface area contributed by atoms with Crippen molar-refractivity contribution in [1.29, 1.82) is 0 Å². The lowest BCUT2D eigenvalue weighted by atomic mass is 10.2. The second-order valence-electron chi connectivity index (χ2n) is 4.78. The zero-order valence-electron chi connectivity index (χ0n) is 11.6. The number of imidazole rings is 1. The Hall–Kier alpha value is -2.18.